The Labute approximate surface area is 202 Å². The Hall–Kier alpha value is -2.53. The molecule has 3 aromatic carbocycles. The number of aromatic nitrogens is 2. The van der Waals surface area contributed by atoms with E-state index in [9.17, 15) is 4.79 Å². The van der Waals surface area contributed by atoms with Crippen LogP contribution < -0.4 is 5.32 Å². The van der Waals surface area contributed by atoms with Crippen LogP contribution in [0.25, 0.3) is 11.0 Å². The monoisotopic (exact) mass is 485 g/mol. The van der Waals surface area contributed by atoms with Crippen LogP contribution in [-0.2, 0) is 6.54 Å². The average Bonchev–Trinajstić information content (AvgIpc) is 3.08. The largest absolute Gasteiger partial charge is 0.345 e. The van der Waals surface area contributed by atoms with Gasteiger partial charge in [-0.15, -0.1) is 0 Å². The molecule has 1 atom stereocenters. The minimum atomic E-state index is -0.143. The maximum atomic E-state index is 13.0. The van der Waals surface area contributed by atoms with Gasteiger partial charge in [-0.3, -0.25) is 4.79 Å². The van der Waals surface area contributed by atoms with Gasteiger partial charge >= 0.3 is 0 Å². The van der Waals surface area contributed by atoms with Gasteiger partial charge in [0.1, 0.15) is 5.82 Å². The molecule has 0 aliphatic carbocycles. The smallest absolute Gasteiger partial charge is 0.251 e. The van der Waals surface area contributed by atoms with Crippen LogP contribution in [0.4, 0.5) is 0 Å². The maximum absolute atomic E-state index is 13.0. The summed E-state index contributed by atoms with van der Waals surface area (Å²) in [5, 5.41) is 4.81. The second-order valence-electron chi connectivity index (χ2n) is 7.69. The number of halogens is 3. The van der Waals surface area contributed by atoms with Gasteiger partial charge in [0.2, 0.25) is 0 Å². The molecule has 1 heterocycles. The summed E-state index contributed by atoms with van der Waals surface area (Å²) < 4.78 is 2.09. The quantitative estimate of drug-likeness (QED) is 0.312. The number of aryl methyl sites for hydroxylation is 1. The van der Waals surface area contributed by atoms with Crippen molar-refractivity contribution in [2.24, 2.45) is 0 Å². The number of rotatable bonds is 6. The van der Waals surface area contributed by atoms with Crippen LogP contribution in [0.3, 0.4) is 0 Å². The van der Waals surface area contributed by atoms with Crippen molar-refractivity contribution in [1.82, 2.24) is 14.9 Å². The van der Waals surface area contributed by atoms with Gasteiger partial charge in [0, 0.05) is 17.1 Å². The average molecular weight is 487 g/mol. The Balaban J connectivity index is 1.58. The summed E-state index contributed by atoms with van der Waals surface area (Å²) in [7, 11) is 0. The highest BCUT2D eigenvalue weighted by atomic mass is 35.5. The van der Waals surface area contributed by atoms with Crippen LogP contribution in [0.5, 0.6) is 0 Å². The van der Waals surface area contributed by atoms with E-state index in [1.54, 1.807) is 6.07 Å². The third-order valence-corrected chi connectivity index (χ3v) is 6.46. The fraction of sp³-hybridized carbons (Fsp3) is 0.200. The van der Waals surface area contributed by atoms with Crippen molar-refractivity contribution in [3.05, 3.63) is 98.2 Å². The van der Waals surface area contributed by atoms with Gasteiger partial charge in [-0.25, -0.2) is 4.98 Å². The lowest BCUT2D eigenvalue weighted by atomic mass is 10.0. The SMILES string of the molecule is CC[C@@H](NC(=O)c1ccc2c(c1)nc(C)n2Cc1ccc(Cl)c(Cl)c1)c1cccc(Cl)c1. The molecule has 7 heteroatoms. The van der Waals surface area contributed by atoms with E-state index in [1.165, 1.54) is 0 Å². The predicted octanol–water partition coefficient (Wildman–Crippen LogP) is 7.23. The number of benzene rings is 3. The molecule has 0 aliphatic heterocycles. The van der Waals surface area contributed by atoms with Gasteiger partial charge in [0.15, 0.2) is 0 Å². The molecule has 1 N–H and O–H groups in total. The number of imidazole rings is 1. The van der Waals surface area contributed by atoms with Crippen molar-refractivity contribution in [3.8, 4) is 0 Å². The second-order valence-corrected chi connectivity index (χ2v) is 8.94. The van der Waals surface area contributed by atoms with E-state index in [1.807, 2.05) is 68.4 Å². The van der Waals surface area contributed by atoms with Crippen LogP contribution >= 0.6 is 34.8 Å². The fourth-order valence-corrected chi connectivity index (χ4v) is 4.32. The van der Waals surface area contributed by atoms with Gasteiger partial charge in [0.25, 0.3) is 5.91 Å². The molecular formula is C25H22Cl3N3O. The van der Waals surface area contributed by atoms with Crippen LogP contribution in [0.2, 0.25) is 15.1 Å². The molecule has 32 heavy (non-hydrogen) atoms. The number of hydrogen-bond donors (Lipinski definition) is 1. The Kier molecular flexibility index (Phi) is 6.75. The lowest BCUT2D eigenvalue weighted by molar-refractivity contribution is 0.0935. The van der Waals surface area contributed by atoms with Crippen molar-refractivity contribution in [2.45, 2.75) is 32.9 Å². The molecule has 0 radical (unpaired) electrons. The molecule has 0 unspecified atom stereocenters. The molecular weight excluding hydrogens is 465 g/mol. The maximum Gasteiger partial charge on any atom is 0.251 e. The number of carbonyl (C=O) groups excluding carboxylic acids is 1. The number of nitrogens with one attached hydrogen (secondary N) is 1. The molecule has 0 aliphatic rings. The highest BCUT2D eigenvalue weighted by molar-refractivity contribution is 6.42. The molecule has 164 valence electrons. The summed E-state index contributed by atoms with van der Waals surface area (Å²) in [5.41, 5.74) is 4.29. The van der Waals surface area contributed by atoms with E-state index in [2.05, 4.69) is 14.9 Å². The number of amides is 1. The first-order valence-electron chi connectivity index (χ1n) is 10.3. The summed E-state index contributed by atoms with van der Waals surface area (Å²) in [6.45, 7) is 4.59. The van der Waals surface area contributed by atoms with Gasteiger partial charge in [0.05, 0.1) is 27.1 Å². The van der Waals surface area contributed by atoms with Crippen molar-refractivity contribution >= 4 is 51.7 Å². The van der Waals surface area contributed by atoms with E-state index >= 15 is 0 Å². The molecule has 4 rings (SSSR count). The third kappa shape index (κ3) is 4.78. The van der Waals surface area contributed by atoms with Crippen LogP contribution in [0.1, 0.15) is 46.7 Å². The van der Waals surface area contributed by atoms with Crippen LogP contribution in [0.15, 0.2) is 60.7 Å². The highest BCUT2D eigenvalue weighted by Crippen LogP contribution is 2.26. The summed E-state index contributed by atoms with van der Waals surface area (Å²) in [6.07, 6.45) is 0.756. The van der Waals surface area contributed by atoms with E-state index in [4.69, 9.17) is 34.8 Å². The predicted molar refractivity (Wildman–Crippen MR) is 132 cm³/mol. The van der Waals surface area contributed by atoms with E-state index in [0.717, 1.165) is 34.4 Å². The summed E-state index contributed by atoms with van der Waals surface area (Å²) >= 11 is 18.3. The van der Waals surface area contributed by atoms with Crippen LogP contribution in [-0.4, -0.2) is 15.5 Å². The Bertz CT molecular complexity index is 1300. The standard InChI is InChI=1S/C25H22Cl3N3O/c1-3-22(17-5-4-6-19(26)12-17)30-25(32)18-8-10-24-23(13-18)29-15(2)31(24)14-16-7-9-20(27)21(28)11-16/h4-13,22H,3,14H2,1-2H3,(H,30,32)/t22-/m1/s1. The van der Waals surface area contributed by atoms with Crippen molar-refractivity contribution in [3.63, 3.8) is 0 Å². The molecule has 0 saturated carbocycles. The summed E-state index contributed by atoms with van der Waals surface area (Å²) in [5.74, 6) is 0.712. The van der Waals surface area contributed by atoms with Crippen molar-refractivity contribution in [1.29, 1.82) is 0 Å². The minimum Gasteiger partial charge on any atom is -0.345 e. The molecule has 0 bridgehead atoms. The van der Waals surface area contributed by atoms with Crippen molar-refractivity contribution in [2.75, 3.05) is 0 Å². The van der Waals surface area contributed by atoms with Crippen LogP contribution in [0, 0.1) is 6.92 Å². The topological polar surface area (TPSA) is 46.9 Å². The first-order chi connectivity index (χ1) is 15.4. The zero-order valence-electron chi connectivity index (χ0n) is 17.7. The van der Waals surface area contributed by atoms with E-state index in [0.29, 0.717) is 27.2 Å². The number of hydrogen-bond acceptors (Lipinski definition) is 2. The Morgan fingerprint density at radius 3 is 2.56 bits per heavy atom. The number of fused-ring (bicyclic) bond motifs is 1. The van der Waals surface area contributed by atoms with Gasteiger partial charge < -0.3 is 9.88 Å². The van der Waals surface area contributed by atoms with Gasteiger partial charge in [-0.1, -0.05) is 59.9 Å². The molecule has 0 spiro atoms. The molecule has 4 nitrogen and oxygen atoms in total. The zero-order chi connectivity index (χ0) is 22.8. The first-order valence-corrected chi connectivity index (χ1v) is 11.5. The fourth-order valence-electron chi connectivity index (χ4n) is 3.80. The molecule has 0 saturated heterocycles. The molecule has 1 aromatic heterocycles. The number of carbonyl (C=O) groups is 1. The van der Waals surface area contributed by atoms with E-state index in [-0.39, 0.29) is 11.9 Å². The minimum absolute atomic E-state index is 0.120. The summed E-state index contributed by atoms with van der Waals surface area (Å²) in [4.78, 5) is 17.6. The van der Waals surface area contributed by atoms with Gasteiger partial charge in [-0.2, -0.15) is 0 Å². The van der Waals surface area contributed by atoms with E-state index < -0.39 is 0 Å². The third-order valence-electron chi connectivity index (χ3n) is 5.49. The highest BCUT2D eigenvalue weighted by Gasteiger charge is 2.16. The molecule has 0 fully saturated rings. The first kappa shape index (κ1) is 22.7. The second kappa shape index (κ2) is 9.53. The lowest BCUT2D eigenvalue weighted by Crippen LogP contribution is -2.28. The zero-order valence-corrected chi connectivity index (χ0v) is 20.0. The van der Waals surface area contributed by atoms with Gasteiger partial charge in [-0.05, 0) is 66.9 Å². The Morgan fingerprint density at radius 2 is 1.84 bits per heavy atom. The summed E-state index contributed by atoms with van der Waals surface area (Å²) in [6, 6.07) is 18.6. The lowest BCUT2D eigenvalue weighted by Gasteiger charge is -2.18. The van der Waals surface area contributed by atoms with Crippen molar-refractivity contribution < 1.29 is 4.79 Å². The molecule has 1 amide bonds. The molecule has 4 aromatic rings. The number of nitrogens with zero attached hydrogens (tertiary/aromatic N) is 2. The Morgan fingerprint density at radius 1 is 1.03 bits per heavy atom. The normalized spacial score (nSPS) is 12.2.